The predicted molar refractivity (Wildman–Crippen MR) is 111 cm³/mol. The SMILES string of the molecule is O=[N+]([O-])c1cc(S(=O)(=O)N(c2ccccc2)S(=O)(=O)c2ccc(Cl)s2)ccc1Cl. The van der Waals surface area contributed by atoms with E-state index in [0.29, 0.717) is 17.4 Å². The summed E-state index contributed by atoms with van der Waals surface area (Å²) in [6, 6.07) is 12.3. The Bertz CT molecular complexity index is 1290. The lowest BCUT2D eigenvalue weighted by Gasteiger charge is -2.23. The molecule has 0 fully saturated rings. The fraction of sp³-hybridized carbons (Fsp3) is 0. The second kappa shape index (κ2) is 7.92. The van der Waals surface area contributed by atoms with Gasteiger partial charge in [-0.1, -0.05) is 41.4 Å². The van der Waals surface area contributed by atoms with E-state index in [2.05, 4.69) is 0 Å². The van der Waals surface area contributed by atoms with Crippen molar-refractivity contribution in [2.24, 2.45) is 0 Å². The number of nitro groups is 1. The number of sulfonamides is 2. The summed E-state index contributed by atoms with van der Waals surface area (Å²) in [7, 11) is -9.38. The Morgan fingerprint density at radius 1 is 0.897 bits per heavy atom. The van der Waals surface area contributed by atoms with Crippen LogP contribution in [0.5, 0.6) is 0 Å². The molecule has 0 saturated carbocycles. The van der Waals surface area contributed by atoms with Crippen LogP contribution in [0.4, 0.5) is 11.4 Å². The maximum atomic E-state index is 13.3. The Morgan fingerprint density at radius 2 is 1.55 bits per heavy atom. The van der Waals surface area contributed by atoms with Crippen LogP contribution in [-0.4, -0.2) is 21.8 Å². The largest absolute Gasteiger partial charge is 0.289 e. The van der Waals surface area contributed by atoms with Crippen molar-refractivity contribution < 1.29 is 21.8 Å². The monoisotopic (exact) mass is 492 g/mol. The van der Waals surface area contributed by atoms with E-state index in [1.165, 1.54) is 36.4 Å². The predicted octanol–water partition coefficient (Wildman–Crippen LogP) is 4.55. The number of nitrogens with zero attached hydrogens (tertiary/aromatic N) is 2. The number of anilines is 1. The fourth-order valence-corrected chi connectivity index (χ4v) is 7.95. The van der Waals surface area contributed by atoms with Crippen molar-refractivity contribution in [2.45, 2.75) is 9.10 Å². The van der Waals surface area contributed by atoms with Gasteiger partial charge in [-0.15, -0.1) is 11.3 Å². The molecule has 0 aliphatic rings. The van der Waals surface area contributed by atoms with E-state index in [1.54, 1.807) is 6.07 Å². The van der Waals surface area contributed by atoms with Gasteiger partial charge in [-0.3, -0.25) is 10.1 Å². The van der Waals surface area contributed by atoms with Gasteiger partial charge in [0, 0.05) is 6.07 Å². The van der Waals surface area contributed by atoms with Gasteiger partial charge in [-0.2, -0.15) is 12.1 Å². The van der Waals surface area contributed by atoms with E-state index in [9.17, 15) is 26.9 Å². The topological polar surface area (TPSA) is 115 Å². The first kappa shape index (κ1) is 21.5. The summed E-state index contributed by atoms with van der Waals surface area (Å²) >= 11 is 12.2. The molecule has 13 heteroatoms. The van der Waals surface area contributed by atoms with Gasteiger partial charge in [0.1, 0.15) is 9.23 Å². The summed E-state index contributed by atoms with van der Waals surface area (Å²) in [6.07, 6.45) is 0. The van der Waals surface area contributed by atoms with E-state index in [4.69, 9.17) is 23.2 Å². The average molecular weight is 493 g/mol. The zero-order valence-corrected chi connectivity index (χ0v) is 18.1. The van der Waals surface area contributed by atoms with Crippen LogP contribution in [0.2, 0.25) is 9.36 Å². The number of benzene rings is 2. The average Bonchev–Trinajstić information content (AvgIpc) is 3.09. The highest BCUT2D eigenvalue weighted by Gasteiger charge is 2.38. The van der Waals surface area contributed by atoms with Crippen molar-refractivity contribution in [3.05, 3.63) is 80.1 Å². The van der Waals surface area contributed by atoms with Crippen LogP contribution < -0.4 is 3.71 Å². The molecular formula is C16H10Cl2N2O6S3. The lowest BCUT2D eigenvalue weighted by Crippen LogP contribution is -2.36. The molecule has 0 aliphatic heterocycles. The van der Waals surface area contributed by atoms with Crippen LogP contribution in [0.3, 0.4) is 0 Å². The standard InChI is InChI=1S/C16H10Cl2N2O6S3/c17-13-7-6-12(10-14(13)19(21)22)28(23,24)20(11-4-2-1-3-5-11)29(25,26)16-9-8-15(18)27-16/h1-10H. The number of halogens is 2. The van der Waals surface area contributed by atoms with Crippen molar-refractivity contribution >= 4 is 66.0 Å². The summed E-state index contributed by atoms with van der Waals surface area (Å²) in [6.45, 7) is 0. The summed E-state index contributed by atoms with van der Waals surface area (Å²) in [4.78, 5) is 9.68. The van der Waals surface area contributed by atoms with Gasteiger partial charge in [-0.05, 0) is 36.4 Å². The Balaban J connectivity index is 2.27. The molecule has 152 valence electrons. The first-order valence-electron chi connectivity index (χ1n) is 7.60. The summed E-state index contributed by atoms with van der Waals surface area (Å²) in [5.41, 5.74) is -0.841. The quantitative estimate of drug-likeness (QED) is 0.368. The van der Waals surface area contributed by atoms with Gasteiger partial charge < -0.3 is 0 Å². The molecule has 2 aromatic carbocycles. The Morgan fingerprint density at radius 3 is 2.10 bits per heavy atom. The van der Waals surface area contributed by atoms with Crippen LogP contribution in [0.15, 0.2) is 69.8 Å². The molecule has 3 rings (SSSR count). The molecule has 0 spiro atoms. The Hall–Kier alpha value is -2.18. The van der Waals surface area contributed by atoms with Crippen molar-refractivity contribution in [3.8, 4) is 0 Å². The maximum absolute atomic E-state index is 13.3. The molecule has 0 bridgehead atoms. The molecule has 29 heavy (non-hydrogen) atoms. The molecule has 0 amide bonds. The molecule has 1 heterocycles. The van der Waals surface area contributed by atoms with E-state index in [1.807, 2.05) is 0 Å². The molecule has 8 nitrogen and oxygen atoms in total. The maximum Gasteiger partial charge on any atom is 0.289 e. The van der Waals surface area contributed by atoms with Gasteiger partial charge in [0.2, 0.25) is 0 Å². The zero-order valence-electron chi connectivity index (χ0n) is 14.1. The molecule has 3 aromatic rings. The van der Waals surface area contributed by atoms with Crippen LogP contribution >= 0.6 is 34.5 Å². The second-order valence-corrected chi connectivity index (χ2v) is 11.6. The lowest BCUT2D eigenvalue weighted by molar-refractivity contribution is -0.384. The fourth-order valence-electron chi connectivity index (χ4n) is 2.36. The number of rotatable bonds is 6. The molecule has 0 N–H and O–H groups in total. The first-order valence-corrected chi connectivity index (χ1v) is 12.1. The van der Waals surface area contributed by atoms with Gasteiger partial charge in [0.15, 0.2) is 0 Å². The van der Waals surface area contributed by atoms with Crippen molar-refractivity contribution in [3.63, 3.8) is 0 Å². The second-order valence-electron chi connectivity index (χ2n) is 5.47. The highest BCUT2D eigenvalue weighted by atomic mass is 35.5. The molecular weight excluding hydrogens is 483 g/mol. The first-order chi connectivity index (χ1) is 13.5. The van der Waals surface area contributed by atoms with Gasteiger partial charge in [0.05, 0.1) is 19.8 Å². The number of hydrogen-bond acceptors (Lipinski definition) is 7. The molecule has 0 aliphatic carbocycles. The summed E-state index contributed by atoms with van der Waals surface area (Å²) in [5.74, 6) is 0. The number of thiophene rings is 1. The smallest absolute Gasteiger partial charge is 0.258 e. The van der Waals surface area contributed by atoms with Crippen LogP contribution in [0.1, 0.15) is 0 Å². The van der Waals surface area contributed by atoms with Crippen LogP contribution in [-0.2, 0) is 20.0 Å². The summed E-state index contributed by atoms with van der Waals surface area (Å²) in [5, 5.41) is 10.9. The Kier molecular flexibility index (Phi) is 5.88. The normalized spacial score (nSPS) is 11.9. The van der Waals surface area contributed by atoms with Gasteiger partial charge in [-0.25, -0.2) is 8.42 Å². The van der Waals surface area contributed by atoms with E-state index in [0.717, 1.165) is 12.1 Å². The van der Waals surface area contributed by atoms with Gasteiger partial charge in [0.25, 0.3) is 25.7 Å². The highest BCUT2D eigenvalue weighted by molar-refractivity contribution is 8.11. The number of hydrogen-bond donors (Lipinski definition) is 0. The Labute approximate surface area is 180 Å². The van der Waals surface area contributed by atoms with Crippen molar-refractivity contribution in [1.82, 2.24) is 0 Å². The molecule has 0 saturated heterocycles. The minimum atomic E-state index is -4.78. The van der Waals surface area contributed by atoms with Crippen molar-refractivity contribution in [1.29, 1.82) is 0 Å². The summed E-state index contributed by atoms with van der Waals surface area (Å²) < 4.78 is 53.0. The van der Waals surface area contributed by atoms with Gasteiger partial charge >= 0.3 is 0 Å². The third kappa shape index (κ3) is 4.09. The molecule has 0 unspecified atom stereocenters. The third-order valence-electron chi connectivity index (χ3n) is 3.62. The van der Waals surface area contributed by atoms with Crippen LogP contribution in [0, 0.1) is 10.1 Å². The number of para-hydroxylation sites is 1. The van der Waals surface area contributed by atoms with E-state index >= 15 is 0 Å². The highest BCUT2D eigenvalue weighted by Crippen LogP contribution is 2.36. The lowest BCUT2D eigenvalue weighted by atomic mass is 10.3. The number of nitro benzene ring substituents is 1. The van der Waals surface area contributed by atoms with Crippen molar-refractivity contribution in [2.75, 3.05) is 3.71 Å². The van der Waals surface area contributed by atoms with E-state index < -0.39 is 35.6 Å². The van der Waals surface area contributed by atoms with Crippen LogP contribution in [0.25, 0.3) is 0 Å². The molecule has 0 radical (unpaired) electrons. The zero-order chi connectivity index (χ0) is 21.4. The molecule has 1 aromatic heterocycles. The van der Waals surface area contributed by atoms with E-state index in [-0.39, 0.29) is 23.0 Å². The molecule has 0 atom stereocenters. The minimum absolute atomic E-state index is 0.149. The minimum Gasteiger partial charge on any atom is -0.258 e. The third-order valence-corrected chi connectivity index (χ3v) is 9.81.